The van der Waals surface area contributed by atoms with E-state index in [1.807, 2.05) is 94.4 Å². The standard InChI is InChI=1S/C45H33F2N5O2/c1-30(43(53)31-17-21-38(46)22-18-31)50-44(54)39-23-19-32(25-40(39)47)41-27-48-42-24-20-33(28-51(41)42)34-26-49-52(29-34)45(35-11-5-2-6-12-35,36-13-7-3-8-14-36)37-15-9-4-10-16-37/h2-30H,1H3,(H,50,54)/t30-/m0/s1. The van der Waals surface area contributed by atoms with Gasteiger partial charge in [0.05, 0.1) is 29.7 Å². The van der Waals surface area contributed by atoms with E-state index in [0.29, 0.717) is 16.9 Å². The van der Waals surface area contributed by atoms with E-state index in [4.69, 9.17) is 5.10 Å². The summed E-state index contributed by atoms with van der Waals surface area (Å²) in [5.41, 5.74) is 5.94. The smallest absolute Gasteiger partial charge is 0.254 e. The molecule has 0 bridgehead atoms. The number of hydrogen-bond acceptors (Lipinski definition) is 4. The van der Waals surface area contributed by atoms with E-state index < -0.39 is 34.9 Å². The van der Waals surface area contributed by atoms with E-state index in [0.717, 1.165) is 27.8 Å². The van der Waals surface area contributed by atoms with Crippen LogP contribution in [0.1, 0.15) is 44.3 Å². The summed E-state index contributed by atoms with van der Waals surface area (Å²) in [4.78, 5) is 30.4. The average Bonchev–Trinajstić information content (AvgIpc) is 3.88. The normalized spacial score (nSPS) is 12.1. The fourth-order valence-corrected chi connectivity index (χ4v) is 7.02. The van der Waals surface area contributed by atoms with E-state index in [2.05, 4.69) is 46.7 Å². The monoisotopic (exact) mass is 713 g/mol. The van der Waals surface area contributed by atoms with Crippen LogP contribution in [0.3, 0.4) is 0 Å². The SMILES string of the molecule is C[C@H](NC(=O)c1ccc(-c2cnc3ccc(-c4cnn(C(c5ccccc5)(c5ccccc5)c5ccccc5)c4)cn23)cc1F)C(=O)c1ccc(F)cc1. The second-order valence-electron chi connectivity index (χ2n) is 13.0. The summed E-state index contributed by atoms with van der Waals surface area (Å²) < 4.78 is 32.8. The Labute approximate surface area is 310 Å². The average molecular weight is 714 g/mol. The van der Waals surface area contributed by atoms with Crippen molar-refractivity contribution in [1.29, 1.82) is 0 Å². The number of rotatable bonds is 10. The lowest BCUT2D eigenvalue weighted by atomic mass is 9.77. The zero-order chi connectivity index (χ0) is 37.2. The number of nitrogens with zero attached hydrogens (tertiary/aromatic N) is 4. The number of nitrogens with one attached hydrogen (secondary N) is 1. The number of pyridine rings is 1. The Morgan fingerprint density at radius 3 is 1.85 bits per heavy atom. The number of carbonyl (C=O) groups excluding carboxylic acids is 2. The van der Waals surface area contributed by atoms with Crippen LogP contribution in [0.25, 0.3) is 28.0 Å². The third-order valence-electron chi connectivity index (χ3n) is 9.72. The predicted octanol–water partition coefficient (Wildman–Crippen LogP) is 8.98. The number of halogens is 2. The molecule has 0 aliphatic heterocycles. The van der Waals surface area contributed by atoms with Crippen molar-refractivity contribution in [2.24, 2.45) is 0 Å². The van der Waals surface area contributed by atoms with Gasteiger partial charge in [0.2, 0.25) is 0 Å². The molecule has 3 heterocycles. The number of Topliss-reactive ketones (excluding diaryl/α,β-unsaturated/α-hetero) is 1. The number of ketones is 1. The third kappa shape index (κ3) is 6.15. The number of carbonyl (C=O) groups is 2. The molecule has 8 aromatic rings. The van der Waals surface area contributed by atoms with Crippen molar-refractivity contribution < 1.29 is 18.4 Å². The molecule has 1 N–H and O–H groups in total. The van der Waals surface area contributed by atoms with Crippen LogP contribution in [-0.2, 0) is 5.54 Å². The second-order valence-corrected chi connectivity index (χ2v) is 13.0. The van der Waals surface area contributed by atoms with Crippen LogP contribution < -0.4 is 5.32 Å². The zero-order valence-corrected chi connectivity index (χ0v) is 29.1. The van der Waals surface area contributed by atoms with Crippen LogP contribution in [0.4, 0.5) is 8.78 Å². The number of fused-ring (bicyclic) bond motifs is 1. The van der Waals surface area contributed by atoms with Gasteiger partial charge >= 0.3 is 0 Å². The highest BCUT2D eigenvalue weighted by molar-refractivity contribution is 6.04. The van der Waals surface area contributed by atoms with Crippen LogP contribution in [-0.4, -0.2) is 36.9 Å². The fraction of sp³-hybridized carbons (Fsp3) is 0.0667. The first-order valence-electron chi connectivity index (χ1n) is 17.4. The summed E-state index contributed by atoms with van der Waals surface area (Å²) in [6.07, 6.45) is 7.48. The highest BCUT2D eigenvalue weighted by Gasteiger charge is 2.39. The minimum Gasteiger partial charge on any atom is -0.342 e. The van der Waals surface area contributed by atoms with Crippen LogP contribution in [0, 0.1) is 11.6 Å². The molecule has 264 valence electrons. The molecule has 0 saturated heterocycles. The second kappa shape index (κ2) is 14.2. The Bertz CT molecular complexity index is 2510. The Morgan fingerprint density at radius 2 is 1.26 bits per heavy atom. The summed E-state index contributed by atoms with van der Waals surface area (Å²) >= 11 is 0. The summed E-state index contributed by atoms with van der Waals surface area (Å²) in [6.45, 7) is 1.50. The van der Waals surface area contributed by atoms with Crippen molar-refractivity contribution in [3.05, 3.63) is 210 Å². The number of imidazole rings is 1. The van der Waals surface area contributed by atoms with E-state index in [1.165, 1.54) is 43.3 Å². The first kappa shape index (κ1) is 34.1. The van der Waals surface area contributed by atoms with Gasteiger partial charge in [-0.1, -0.05) is 97.1 Å². The van der Waals surface area contributed by atoms with Gasteiger partial charge in [0.1, 0.15) is 22.8 Å². The highest BCUT2D eigenvalue weighted by Crippen LogP contribution is 2.41. The first-order valence-corrected chi connectivity index (χ1v) is 17.4. The van der Waals surface area contributed by atoms with Gasteiger partial charge in [0.25, 0.3) is 5.91 Å². The topological polar surface area (TPSA) is 81.3 Å². The minimum atomic E-state index is -0.957. The van der Waals surface area contributed by atoms with Crippen LogP contribution in [0.5, 0.6) is 0 Å². The van der Waals surface area contributed by atoms with Gasteiger partial charge in [0, 0.05) is 34.6 Å². The number of benzene rings is 5. The molecule has 0 saturated carbocycles. The van der Waals surface area contributed by atoms with Gasteiger partial charge in [-0.15, -0.1) is 0 Å². The Kier molecular flexibility index (Phi) is 8.97. The molecule has 54 heavy (non-hydrogen) atoms. The fourth-order valence-electron chi connectivity index (χ4n) is 7.02. The molecule has 0 aliphatic rings. The molecule has 9 heteroatoms. The Hall–Kier alpha value is -7.00. The molecule has 0 radical (unpaired) electrons. The molecule has 0 spiro atoms. The molecule has 1 amide bonds. The molecular formula is C45H33F2N5O2. The Balaban J connectivity index is 1.12. The van der Waals surface area contributed by atoms with E-state index in [9.17, 15) is 14.0 Å². The summed E-state index contributed by atoms with van der Waals surface area (Å²) in [5, 5.41) is 7.56. The molecule has 3 aromatic heterocycles. The third-order valence-corrected chi connectivity index (χ3v) is 9.72. The van der Waals surface area contributed by atoms with E-state index in [-0.39, 0.29) is 11.1 Å². The van der Waals surface area contributed by atoms with Crippen molar-refractivity contribution in [3.8, 4) is 22.4 Å². The maximum absolute atomic E-state index is 15.6. The molecule has 5 aromatic carbocycles. The molecule has 0 unspecified atom stereocenters. The molecule has 8 rings (SSSR count). The predicted molar refractivity (Wildman–Crippen MR) is 204 cm³/mol. The maximum atomic E-state index is 15.6. The number of hydrogen-bond donors (Lipinski definition) is 1. The van der Waals surface area contributed by atoms with Crippen LogP contribution in [0.2, 0.25) is 0 Å². The van der Waals surface area contributed by atoms with Gasteiger partial charge in [-0.3, -0.25) is 18.7 Å². The lowest BCUT2D eigenvalue weighted by molar-refractivity contribution is 0.0863. The maximum Gasteiger partial charge on any atom is 0.254 e. The largest absolute Gasteiger partial charge is 0.342 e. The first-order chi connectivity index (χ1) is 26.3. The summed E-state index contributed by atoms with van der Waals surface area (Å²) in [7, 11) is 0. The van der Waals surface area contributed by atoms with Crippen molar-refractivity contribution in [1.82, 2.24) is 24.5 Å². The van der Waals surface area contributed by atoms with Crippen molar-refractivity contribution in [2.45, 2.75) is 18.5 Å². The quantitative estimate of drug-likeness (QED) is 0.113. The molecule has 0 fully saturated rings. The van der Waals surface area contributed by atoms with Crippen LogP contribution in [0.15, 0.2) is 170 Å². The molecule has 1 atom stereocenters. The molecular weight excluding hydrogens is 681 g/mol. The number of aromatic nitrogens is 4. The van der Waals surface area contributed by atoms with Crippen molar-refractivity contribution in [3.63, 3.8) is 0 Å². The Morgan fingerprint density at radius 1 is 0.667 bits per heavy atom. The zero-order valence-electron chi connectivity index (χ0n) is 29.1. The highest BCUT2D eigenvalue weighted by atomic mass is 19.1. The van der Waals surface area contributed by atoms with Crippen molar-refractivity contribution in [2.75, 3.05) is 0 Å². The van der Waals surface area contributed by atoms with Gasteiger partial charge in [-0.2, -0.15) is 5.10 Å². The van der Waals surface area contributed by atoms with Gasteiger partial charge in [-0.25, -0.2) is 13.8 Å². The number of amides is 1. The van der Waals surface area contributed by atoms with Crippen LogP contribution >= 0.6 is 0 Å². The van der Waals surface area contributed by atoms with Gasteiger partial charge in [-0.05, 0) is 72.1 Å². The van der Waals surface area contributed by atoms with Gasteiger partial charge in [0.15, 0.2) is 5.78 Å². The summed E-state index contributed by atoms with van der Waals surface area (Å²) in [6, 6.07) is 43.2. The van der Waals surface area contributed by atoms with Crippen molar-refractivity contribution >= 4 is 17.3 Å². The van der Waals surface area contributed by atoms with Gasteiger partial charge < -0.3 is 5.32 Å². The molecule has 0 aliphatic carbocycles. The summed E-state index contributed by atoms with van der Waals surface area (Å²) in [5.74, 6) is -2.38. The van der Waals surface area contributed by atoms with E-state index in [1.54, 1.807) is 12.3 Å². The van der Waals surface area contributed by atoms with E-state index >= 15 is 4.39 Å². The lowest BCUT2D eigenvalue weighted by Gasteiger charge is -2.36. The lowest BCUT2D eigenvalue weighted by Crippen LogP contribution is -2.38. The molecule has 7 nitrogen and oxygen atoms in total. The minimum absolute atomic E-state index is 0.210.